The number of rotatable bonds is 5. The van der Waals surface area contributed by atoms with Crippen LogP contribution in [0.2, 0.25) is 0 Å². The minimum atomic E-state index is -0.575. The molecule has 0 spiro atoms. The summed E-state index contributed by atoms with van der Waals surface area (Å²) >= 11 is 0. The quantitative estimate of drug-likeness (QED) is 0.841. The molecule has 1 atom stereocenters. The van der Waals surface area contributed by atoms with Gasteiger partial charge in [0.05, 0.1) is 5.41 Å². The lowest BCUT2D eigenvalue weighted by Gasteiger charge is -2.41. The fourth-order valence-corrected chi connectivity index (χ4v) is 3.90. The Balaban J connectivity index is 1.89. The van der Waals surface area contributed by atoms with E-state index in [9.17, 15) is 9.90 Å². The number of hydrogen-bond donors (Lipinski definition) is 1. The predicted octanol–water partition coefficient (Wildman–Crippen LogP) is 2.44. The van der Waals surface area contributed by atoms with Crippen molar-refractivity contribution in [3.05, 3.63) is 0 Å². The van der Waals surface area contributed by atoms with Crippen molar-refractivity contribution in [3.63, 3.8) is 0 Å². The summed E-state index contributed by atoms with van der Waals surface area (Å²) in [5.74, 6) is -0.575. The van der Waals surface area contributed by atoms with Crippen LogP contribution in [-0.2, 0) is 4.79 Å². The molecular weight excluding hydrogens is 252 g/mol. The summed E-state index contributed by atoms with van der Waals surface area (Å²) in [5.41, 5.74) is -0.443. The molecule has 0 saturated carbocycles. The molecule has 2 saturated heterocycles. The van der Waals surface area contributed by atoms with Gasteiger partial charge in [-0.15, -0.1) is 0 Å². The minimum absolute atomic E-state index is 0.443. The molecule has 0 bridgehead atoms. The molecule has 2 heterocycles. The van der Waals surface area contributed by atoms with Gasteiger partial charge in [0.2, 0.25) is 0 Å². The number of nitrogens with zero attached hydrogens (tertiary/aromatic N) is 2. The van der Waals surface area contributed by atoms with Crippen LogP contribution in [0.5, 0.6) is 0 Å². The Hall–Kier alpha value is -0.610. The number of carboxylic acid groups (broad SMARTS) is 1. The maximum Gasteiger partial charge on any atom is 0.309 e. The van der Waals surface area contributed by atoms with E-state index in [0.717, 1.165) is 45.3 Å². The number of aliphatic carboxylic acids is 1. The topological polar surface area (TPSA) is 43.8 Å². The van der Waals surface area contributed by atoms with Gasteiger partial charge in [-0.1, -0.05) is 13.3 Å². The van der Waals surface area contributed by atoms with Crippen molar-refractivity contribution < 1.29 is 9.90 Å². The Bertz CT molecular complexity index is 335. The first-order valence-corrected chi connectivity index (χ1v) is 8.20. The van der Waals surface area contributed by atoms with Crippen LogP contribution in [0.15, 0.2) is 0 Å². The van der Waals surface area contributed by atoms with Gasteiger partial charge in [0, 0.05) is 25.2 Å². The molecule has 0 aromatic carbocycles. The third kappa shape index (κ3) is 3.17. The van der Waals surface area contributed by atoms with Crippen molar-refractivity contribution in [2.75, 3.05) is 26.2 Å². The molecule has 2 fully saturated rings. The van der Waals surface area contributed by atoms with Gasteiger partial charge in [0.15, 0.2) is 0 Å². The van der Waals surface area contributed by atoms with Crippen LogP contribution >= 0.6 is 0 Å². The van der Waals surface area contributed by atoms with Crippen molar-refractivity contribution in [2.24, 2.45) is 5.41 Å². The van der Waals surface area contributed by atoms with Gasteiger partial charge >= 0.3 is 5.97 Å². The van der Waals surface area contributed by atoms with E-state index in [1.807, 2.05) is 0 Å². The third-order valence-corrected chi connectivity index (χ3v) is 5.38. The van der Waals surface area contributed by atoms with Gasteiger partial charge in [-0.2, -0.15) is 0 Å². The highest BCUT2D eigenvalue weighted by Crippen LogP contribution is 2.37. The fourth-order valence-electron chi connectivity index (χ4n) is 3.90. The van der Waals surface area contributed by atoms with E-state index in [4.69, 9.17) is 0 Å². The van der Waals surface area contributed by atoms with E-state index in [1.54, 1.807) is 0 Å². The molecule has 0 radical (unpaired) electrons. The summed E-state index contributed by atoms with van der Waals surface area (Å²) < 4.78 is 0. The van der Waals surface area contributed by atoms with E-state index >= 15 is 0 Å². The predicted molar refractivity (Wildman–Crippen MR) is 80.9 cm³/mol. The normalized spacial score (nSPS) is 28.1. The highest BCUT2D eigenvalue weighted by atomic mass is 16.4. The van der Waals surface area contributed by atoms with E-state index in [0.29, 0.717) is 12.1 Å². The van der Waals surface area contributed by atoms with Gasteiger partial charge in [-0.05, 0) is 52.6 Å². The molecule has 2 rings (SSSR count). The van der Waals surface area contributed by atoms with E-state index in [2.05, 4.69) is 30.6 Å². The summed E-state index contributed by atoms with van der Waals surface area (Å²) in [4.78, 5) is 16.7. The van der Waals surface area contributed by atoms with Crippen LogP contribution in [0, 0.1) is 5.41 Å². The summed E-state index contributed by atoms with van der Waals surface area (Å²) in [5, 5.41) is 9.56. The van der Waals surface area contributed by atoms with Crippen molar-refractivity contribution in [2.45, 2.75) is 65.0 Å². The first kappa shape index (κ1) is 15.8. The summed E-state index contributed by atoms with van der Waals surface area (Å²) in [6.45, 7) is 10.9. The third-order valence-electron chi connectivity index (χ3n) is 5.38. The molecule has 116 valence electrons. The molecular formula is C16H30N2O2. The number of piperidine rings is 1. The molecule has 20 heavy (non-hydrogen) atoms. The van der Waals surface area contributed by atoms with Crippen LogP contribution < -0.4 is 0 Å². The van der Waals surface area contributed by atoms with E-state index in [-0.39, 0.29) is 0 Å². The summed E-state index contributed by atoms with van der Waals surface area (Å²) in [6, 6.07) is 1.27. The molecule has 1 N–H and O–H groups in total. The molecule has 2 aliphatic rings. The molecule has 4 nitrogen and oxygen atoms in total. The number of likely N-dealkylation sites (tertiary alicyclic amines) is 2. The Morgan fingerprint density at radius 1 is 1.30 bits per heavy atom. The molecule has 0 aromatic rings. The standard InChI is InChI=1S/C16H30N2O2/c1-4-6-16(15(19)20)7-10-17(11-8-16)14-5-9-18(12-14)13(2)3/h13-14H,4-12H2,1-3H3,(H,19,20). The van der Waals surface area contributed by atoms with Crippen molar-refractivity contribution >= 4 is 5.97 Å². The highest BCUT2D eigenvalue weighted by Gasteiger charge is 2.42. The van der Waals surface area contributed by atoms with Crippen LogP contribution in [-0.4, -0.2) is 59.1 Å². The van der Waals surface area contributed by atoms with Gasteiger partial charge < -0.3 is 5.11 Å². The fraction of sp³-hybridized carbons (Fsp3) is 0.938. The smallest absolute Gasteiger partial charge is 0.309 e. The van der Waals surface area contributed by atoms with Crippen molar-refractivity contribution in [1.29, 1.82) is 0 Å². The maximum atomic E-state index is 11.6. The molecule has 0 aromatic heterocycles. The van der Waals surface area contributed by atoms with E-state index in [1.165, 1.54) is 13.0 Å². The lowest BCUT2D eigenvalue weighted by molar-refractivity contribution is -0.153. The number of carboxylic acids is 1. The largest absolute Gasteiger partial charge is 0.481 e. The van der Waals surface area contributed by atoms with Crippen LogP contribution in [0.1, 0.15) is 52.9 Å². The molecule has 4 heteroatoms. The second-order valence-corrected chi connectivity index (χ2v) is 6.90. The van der Waals surface area contributed by atoms with Crippen LogP contribution in [0.25, 0.3) is 0 Å². The Kier molecular flexibility index (Phi) is 5.08. The maximum absolute atomic E-state index is 11.6. The number of hydrogen-bond acceptors (Lipinski definition) is 3. The second kappa shape index (κ2) is 6.44. The van der Waals surface area contributed by atoms with Crippen molar-refractivity contribution in [1.82, 2.24) is 9.80 Å². The van der Waals surface area contributed by atoms with Crippen molar-refractivity contribution in [3.8, 4) is 0 Å². The molecule has 1 unspecified atom stereocenters. The zero-order valence-corrected chi connectivity index (χ0v) is 13.3. The average molecular weight is 282 g/mol. The lowest BCUT2D eigenvalue weighted by atomic mass is 9.74. The van der Waals surface area contributed by atoms with Gasteiger partial charge in [0.25, 0.3) is 0 Å². The molecule has 2 aliphatic heterocycles. The van der Waals surface area contributed by atoms with E-state index < -0.39 is 11.4 Å². The Morgan fingerprint density at radius 3 is 2.40 bits per heavy atom. The van der Waals surface area contributed by atoms with Gasteiger partial charge in [0.1, 0.15) is 0 Å². The second-order valence-electron chi connectivity index (χ2n) is 6.90. The zero-order chi connectivity index (χ0) is 14.8. The van der Waals surface area contributed by atoms with Crippen LogP contribution in [0.3, 0.4) is 0 Å². The van der Waals surface area contributed by atoms with Gasteiger partial charge in [-0.3, -0.25) is 14.6 Å². The van der Waals surface area contributed by atoms with Gasteiger partial charge in [-0.25, -0.2) is 0 Å². The Labute approximate surface area is 123 Å². The summed E-state index contributed by atoms with van der Waals surface area (Å²) in [6.07, 6.45) is 4.70. The monoisotopic (exact) mass is 282 g/mol. The first-order valence-electron chi connectivity index (χ1n) is 8.20. The summed E-state index contributed by atoms with van der Waals surface area (Å²) in [7, 11) is 0. The van der Waals surface area contributed by atoms with Crippen LogP contribution in [0.4, 0.5) is 0 Å². The number of carbonyl (C=O) groups is 1. The first-order chi connectivity index (χ1) is 9.48. The zero-order valence-electron chi connectivity index (χ0n) is 13.3. The molecule has 0 aliphatic carbocycles. The SMILES string of the molecule is CCCC1(C(=O)O)CCN(C2CCN(C(C)C)C2)CC1. The minimum Gasteiger partial charge on any atom is -0.481 e. The average Bonchev–Trinajstić information content (AvgIpc) is 2.89. The molecule has 0 amide bonds. The lowest BCUT2D eigenvalue weighted by Crippen LogP contribution is -2.49. The highest BCUT2D eigenvalue weighted by molar-refractivity contribution is 5.74. The Morgan fingerprint density at radius 2 is 1.95 bits per heavy atom.